The van der Waals surface area contributed by atoms with Gasteiger partial charge in [0.15, 0.2) is 0 Å². The smallest absolute Gasteiger partial charge is 0.264 e. The van der Waals surface area contributed by atoms with Crippen molar-refractivity contribution in [3.8, 4) is 0 Å². The number of nitrogens with one attached hydrogen (secondary N) is 1. The first-order chi connectivity index (χ1) is 7.65. The van der Waals surface area contributed by atoms with Crippen molar-refractivity contribution >= 4 is 17.4 Å². The van der Waals surface area contributed by atoms with Crippen LogP contribution in [0, 0.1) is 0 Å². The lowest BCUT2D eigenvalue weighted by Crippen LogP contribution is -2.26. The van der Waals surface area contributed by atoms with Crippen molar-refractivity contribution < 1.29 is 9.90 Å². The second-order valence-electron chi connectivity index (χ2n) is 3.69. The van der Waals surface area contributed by atoms with Crippen LogP contribution < -0.4 is 5.32 Å². The third-order valence-corrected chi connectivity index (χ3v) is 2.86. The Morgan fingerprint density at radius 2 is 2.38 bits per heavy atom. The fourth-order valence-electron chi connectivity index (χ4n) is 1.26. The highest BCUT2D eigenvalue weighted by Gasteiger charge is 2.14. The Balaban J connectivity index is 2.49. The molecule has 90 valence electrons. The van der Waals surface area contributed by atoms with E-state index in [1.54, 1.807) is 6.92 Å². The molecule has 0 saturated carbocycles. The fourth-order valence-corrected chi connectivity index (χ4v) is 1.88. The second-order valence-corrected chi connectivity index (χ2v) is 4.45. The van der Waals surface area contributed by atoms with Gasteiger partial charge in [0.05, 0.1) is 11.8 Å². The van der Waals surface area contributed by atoms with E-state index < -0.39 is 6.10 Å². The fraction of sp³-hybridized carbons (Fsp3) is 0.700. The maximum absolute atomic E-state index is 11.7. The Labute approximate surface area is 99.0 Å². The van der Waals surface area contributed by atoms with E-state index in [0.29, 0.717) is 17.8 Å². The van der Waals surface area contributed by atoms with Gasteiger partial charge in [0, 0.05) is 6.54 Å². The van der Waals surface area contributed by atoms with E-state index in [2.05, 4.69) is 14.9 Å². The molecule has 0 saturated heterocycles. The van der Waals surface area contributed by atoms with E-state index >= 15 is 0 Å². The van der Waals surface area contributed by atoms with E-state index in [-0.39, 0.29) is 5.91 Å². The van der Waals surface area contributed by atoms with Gasteiger partial charge in [0.1, 0.15) is 4.88 Å². The van der Waals surface area contributed by atoms with Crippen LogP contribution in [0.1, 0.15) is 42.1 Å². The molecule has 0 spiro atoms. The van der Waals surface area contributed by atoms with Gasteiger partial charge in [-0.1, -0.05) is 17.8 Å². The lowest BCUT2D eigenvalue weighted by atomic mass is 10.2. The van der Waals surface area contributed by atoms with Gasteiger partial charge >= 0.3 is 0 Å². The average Bonchev–Trinajstić information content (AvgIpc) is 2.66. The van der Waals surface area contributed by atoms with E-state index in [9.17, 15) is 4.79 Å². The van der Waals surface area contributed by atoms with E-state index in [4.69, 9.17) is 5.11 Å². The van der Waals surface area contributed by atoms with Gasteiger partial charge in [-0.25, -0.2) is 0 Å². The third-order valence-electron chi connectivity index (χ3n) is 2.10. The molecule has 2 N–H and O–H groups in total. The molecule has 5 nitrogen and oxygen atoms in total. The third kappa shape index (κ3) is 3.86. The van der Waals surface area contributed by atoms with Crippen LogP contribution in [0.15, 0.2) is 0 Å². The van der Waals surface area contributed by atoms with Gasteiger partial charge in [-0.2, -0.15) is 0 Å². The maximum Gasteiger partial charge on any atom is 0.264 e. The highest BCUT2D eigenvalue weighted by molar-refractivity contribution is 7.08. The number of amides is 1. The maximum atomic E-state index is 11.7. The van der Waals surface area contributed by atoms with E-state index in [1.165, 1.54) is 0 Å². The molecule has 1 unspecified atom stereocenters. The van der Waals surface area contributed by atoms with E-state index in [0.717, 1.165) is 30.1 Å². The minimum Gasteiger partial charge on any atom is -0.393 e. The van der Waals surface area contributed by atoms with Gasteiger partial charge < -0.3 is 10.4 Å². The highest BCUT2D eigenvalue weighted by Crippen LogP contribution is 2.12. The summed E-state index contributed by atoms with van der Waals surface area (Å²) in [5.41, 5.74) is 0.766. The number of hydrogen-bond acceptors (Lipinski definition) is 5. The van der Waals surface area contributed by atoms with Crippen molar-refractivity contribution in [2.24, 2.45) is 0 Å². The Kier molecular flexibility index (Phi) is 5.34. The molecule has 0 fully saturated rings. The molecule has 1 amide bonds. The van der Waals surface area contributed by atoms with Crippen LogP contribution in [0.2, 0.25) is 0 Å². The Bertz CT molecular complexity index is 339. The summed E-state index contributed by atoms with van der Waals surface area (Å²) >= 11 is 1.12. The molecule has 1 rings (SSSR count). The largest absolute Gasteiger partial charge is 0.393 e. The summed E-state index contributed by atoms with van der Waals surface area (Å²) in [6.07, 6.45) is 1.88. The molecule has 1 atom stereocenters. The number of aryl methyl sites for hydroxylation is 1. The molecular formula is C10H17N3O2S. The van der Waals surface area contributed by atoms with Crippen LogP contribution in [-0.4, -0.2) is 33.2 Å². The molecule has 1 heterocycles. The predicted octanol–water partition coefficient (Wildman–Crippen LogP) is 0.991. The molecular weight excluding hydrogens is 226 g/mol. The van der Waals surface area contributed by atoms with Crippen molar-refractivity contribution in [2.45, 2.75) is 39.2 Å². The van der Waals surface area contributed by atoms with Crippen molar-refractivity contribution in [3.63, 3.8) is 0 Å². The number of nitrogens with zero attached hydrogens (tertiary/aromatic N) is 2. The summed E-state index contributed by atoms with van der Waals surface area (Å²) in [6, 6.07) is 0. The van der Waals surface area contributed by atoms with Gasteiger partial charge in [-0.15, -0.1) is 5.10 Å². The van der Waals surface area contributed by atoms with Crippen LogP contribution in [0.25, 0.3) is 0 Å². The van der Waals surface area contributed by atoms with Crippen LogP contribution in [0.5, 0.6) is 0 Å². The first kappa shape index (κ1) is 13.1. The molecule has 1 aromatic heterocycles. The summed E-state index contributed by atoms with van der Waals surface area (Å²) in [5.74, 6) is -0.140. The summed E-state index contributed by atoms with van der Waals surface area (Å²) in [5, 5.41) is 15.7. The Hall–Kier alpha value is -1.01. The van der Waals surface area contributed by atoms with Crippen LogP contribution in [0.3, 0.4) is 0 Å². The van der Waals surface area contributed by atoms with Gasteiger partial charge in [-0.3, -0.25) is 4.79 Å². The summed E-state index contributed by atoms with van der Waals surface area (Å²) in [6.45, 7) is 4.21. The van der Waals surface area contributed by atoms with Crippen LogP contribution >= 0.6 is 11.5 Å². The molecule has 1 aromatic rings. The zero-order valence-corrected chi connectivity index (χ0v) is 10.4. The summed E-state index contributed by atoms with van der Waals surface area (Å²) < 4.78 is 3.79. The summed E-state index contributed by atoms with van der Waals surface area (Å²) in [7, 11) is 0. The van der Waals surface area contributed by atoms with Crippen molar-refractivity contribution in [3.05, 3.63) is 10.6 Å². The lowest BCUT2D eigenvalue weighted by molar-refractivity contribution is 0.0948. The minimum absolute atomic E-state index is 0.140. The number of aromatic nitrogens is 2. The molecule has 0 aliphatic rings. The second kappa shape index (κ2) is 6.55. The van der Waals surface area contributed by atoms with Gasteiger partial charge in [0.2, 0.25) is 0 Å². The number of aliphatic hydroxyl groups is 1. The standard InChI is InChI=1S/C10H17N3O2S/c1-3-4-8-9(16-13-12-8)10(15)11-6-5-7(2)14/h7,14H,3-6H2,1-2H3,(H,11,15). The molecule has 0 radical (unpaired) electrons. The van der Waals surface area contributed by atoms with Crippen LogP contribution in [-0.2, 0) is 6.42 Å². The molecule has 0 aromatic carbocycles. The van der Waals surface area contributed by atoms with E-state index in [1.807, 2.05) is 6.92 Å². The van der Waals surface area contributed by atoms with Crippen LogP contribution in [0.4, 0.5) is 0 Å². The number of carbonyl (C=O) groups excluding carboxylic acids is 1. The van der Waals surface area contributed by atoms with Crippen molar-refractivity contribution in [1.82, 2.24) is 14.9 Å². The monoisotopic (exact) mass is 243 g/mol. The normalized spacial score (nSPS) is 12.4. The average molecular weight is 243 g/mol. The number of rotatable bonds is 6. The van der Waals surface area contributed by atoms with Crippen molar-refractivity contribution in [2.75, 3.05) is 6.54 Å². The molecule has 0 bridgehead atoms. The number of carbonyl (C=O) groups is 1. The minimum atomic E-state index is -0.394. The number of aliphatic hydroxyl groups excluding tert-OH is 1. The highest BCUT2D eigenvalue weighted by atomic mass is 32.1. The van der Waals surface area contributed by atoms with Crippen molar-refractivity contribution in [1.29, 1.82) is 0 Å². The SMILES string of the molecule is CCCc1nnsc1C(=O)NCCC(C)O. The zero-order chi connectivity index (χ0) is 12.0. The Morgan fingerprint density at radius 3 is 3.00 bits per heavy atom. The quantitative estimate of drug-likeness (QED) is 0.781. The zero-order valence-electron chi connectivity index (χ0n) is 9.56. The lowest BCUT2D eigenvalue weighted by Gasteiger charge is -2.05. The molecule has 0 aliphatic heterocycles. The molecule has 0 aliphatic carbocycles. The first-order valence-corrected chi connectivity index (χ1v) is 6.20. The van der Waals surface area contributed by atoms with Gasteiger partial charge in [-0.05, 0) is 31.3 Å². The first-order valence-electron chi connectivity index (χ1n) is 5.42. The summed E-state index contributed by atoms with van der Waals surface area (Å²) in [4.78, 5) is 12.3. The predicted molar refractivity (Wildman–Crippen MR) is 62.5 cm³/mol. The topological polar surface area (TPSA) is 75.1 Å². The number of hydrogen-bond donors (Lipinski definition) is 2. The Morgan fingerprint density at radius 1 is 1.62 bits per heavy atom. The molecule has 6 heteroatoms. The van der Waals surface area contributed by atoms with Gasteiger partial charge in [0.25, 0.3) is 5.91 Å². The molecule has 16 heavy (non-hydrogen) atoms.